The average molecular weight is 334 g/mol. The number of nitrogens with one attached hydrogen (secondary N) is 2. The summed E-state index contributed by atoms with van der Waals surface area (Å²) in [6.07, 6.45) is 0. The highest BCUT2D eigenvalue weighted by Gasteiger charge is 2.25. The number of hydrogen-bond donors (Lipinski definition) is 2. The molecule has 0 aliphatic heterocycles. The van der Waals surface area contributed by atoms with Crippen LogP contribution in [0.1, 0.15) is 29.1 Å². The first-order valence-corrected chi connectivity index (χ1v) is 8.18. The van der Waals surface area contributed by atoms with Crippen molar-refractivity contribution in [1.29, 1.82) is 0 Å². The molecule has 0 aliphatic carbocycles. The molecule has 0 bridgehead atoms. The van der Waals surface area contributed by atoms with Gasteiger partial charge in [0.2, 0.25) is 5.91 Å². The van der Waals surface area contributed by atoms with Gasteiger partial charge in [0.1, 0.15) is 11.9 Å². The van der Waals surface area contributed by atoms with E-state index in [0.717, 1.165) is 0 Å². The van der Waals surface area contributed by atoms with E-state index in [1.807, 2.05) is 13.8 Å². The molecule has 0 saturated heterocycles. The van der Waals surface area contributed by atoms with Crippen LogP contribution in [0.15, 0.2) is 35.7 Å². The van der Waals surface area contributed by atoms with E-state index in [1.165, 1.54) is 29.5 Å². The van der Waals surface area contributed by atoms with Crippen molar-refractivity contribution in [1.82, 2.24) is 5.32 Å². The first-order chi connectivity index (χ1) is 10.9. The summed E-state index contributed by atoms with van der Waals surface area (Å²) in [6, 6.07) is 6.97. The van der Waals surface area contributed by atoms with E-state index in [1.54, 1.807) is 24.4 Å². The van der Waals surface area contributed by atoms with E-state index in [0.29, 0.717) is 16.1 Å². The topological polar surface area (TPSA) is 58.2 Å². The molecular formula is C17H19FN2O2S. The van der Waals surface area contributed by atoms with Crippen molar-refractivity contribution in [2.24, 2.45) is 5.92 Å². The largest absolute Gasteiger partial charge is 0.339 e. The number of aryl methyl sites for hydroxylation is 1. The fourth-order valence-corrected chi connectivity index (χ4v) is 2.76. The van der Waals surface area contributed by atoms with Crippen LogP contribution in [0.25, 0.3) is 0 Å². The second kappa shape index (κ2) is 7.37. The van der Waals surface area contributed by atoms with Crippen molar-refractivity contribution in [3.05, 3.63) is 52.0 Å². The summed E-state index contributed by atoms with van der Waals surface area (Å²) in [5.74, 6) is -1.03. The SMILES string of the molecule is Cc1cc(F)ccc1NC(=O)[C@@H](NC(=O)c1cccs1)C(C)C. The third-order valence-corrected chi connectivity index (χ3v) is 4.30. The lowest BCUT2D eigenvalue weighted by atomic mass is 10.0. The van der Waals surface area contributed by atoms with Crippen LogP contribution in [0, 0.1) is 18.7 Å². The van der Waals surface area contributed by atoms with Crippen LogP contribution < -0.4 is 10.6 Å². The number of anilines is 1. The van der Waals surface area contributed by atoms with Crippen LogP contribution in [-0.2, 0) is 4.79 Å². The summed E-state index contributed by atoms with van der Waals surface area (Å²) in [4.78, 5) is 25.2. The summed E-state index contributed by atoms with van der Waals surface area (Å²) >= 11 is 1.32. The van der Waals surface area contributed by atoms with Crippen molar-refractivity contribution in [3.8, 4) is 0 Å². The van der Waals surface area contributed by atoms with Crippen LogP contribution in [0.5, 0.6) is 0 Å². The number of carbonyl (C=O) groups is 2. The fourth-order valence-electron chi connectivity index (χ4n) is 2.13. The van der Waals surface area contributed by atoms with Gasteiger partial charge in [-0.05, 0) is 48.1 Å². The van der Waals surface area contributed by atoms with Gasteiger partial charge < -0.3 is 10.6 Å². The number of amides is 2. The molecule has 23 heavy (non-hydrogen) atoms. The Morgan fingerprint density at radius 3 is 2.52 bits per heavy atom. The normalized spacial score (nSPS) is 12.0. The third-order valence-electron chi connectivity index (χ3n) is 3.43. The number of thiophene rings is 1. The van der Waals surface area contributed by atoms with Gasteiger partial charge >= 0.3 is 0 Å². The van der Waals surface area contributed by atoms with Gasteiger partial charge in [0, 0.05) is 5.69 Å². The van der Waals surface area contributed by atoms with Gasteiger partial charge in [-0.1, -0.05) is 19.9 Å². The van der Waals surface area contributed by atoms with E-state index in [9.17, 15) is 14.0 Å². The van der Waals surface area contributed by atoms with Crippen molar-refractivity contribution < 1.29 is 14.0 Å². The predicted octanol–water partition coefficient (Wildman–Crippen LogP) is 3.59. The van der Waals surface area contributed by atoms with Gasteiger partial charge in [-0.15, -0.1) is 11.3 Å². The molecule has 0 spiro atoms. The van der Waals surface area contributed by atoms with Crippen molar-refractivity contribution in [3.63, 3.8) is 0 Å². The smallest absolute Gasteiger partial charge is 0.262 e. The Morgan fingerprint density at radius 2 is 1.96 bits per heavy atom. The van der Waals surface area contributed by atoms with Crippen molar-refractivity contribution in [2.75, 3.05) is 5.32 Å². The molecule has 0 radical (unpaired) electrons. The quantitative estimate of drug-likeness (QED) is 0.878. The molecule has 0 aliphatic rings. The molecule has 0 fully saturated rings. The van der Waals surface area contributed by atoms with E-state index < -0.39 is 6.04 Å². The minimum atomic E-state index is -0.672. The van der Waals surface area contributed by atoms with Gasteiger partial charge in [-0.25, -0.2) is 4.39 Å². The van der Waals surface area contributed by atoms with E-state index >= 15 is 0 Å². The minimum absolute atomic E-state index is 0.0836. The molecule has 4 nitrogen and oxygen atoms in total. The zero-order chi connectivity index (χ0) is 17.0. The number of hydrogen-bond acceptors (Lipinski definition) is 3. The first-order valence-electron chi connectivity index (χ1n) is 7.30. The molecule has 2 aromatic rings. The highest BCUT2D eigenvalue weighted by molar-refractivity contribution is 7.12. The Balaban J connectivity index is 2.10. The fraction of sp³-hybridized carbons (Fsp3) is 0.294. The van der Waals surface area contributed by atoms with Gasteiger partial charge in [0.25, 0.3) is 5.91 Å². The molecule has 0 saturated carbocycles. The number of rotatable bonds is 5. The average Bonchev–Trinajstić information content (AvgIpc) is 3.01. The van der Waals surface area contributed by atoms with Crippen LogP contribution >= 0.6 is 11.3 Å². The highest BCUT2D eigenvalue weighted by Crippen LogP contribution is 2.17. The highest BCUT2D eigenvalue weighted by atomic mass is 32.1. The number of benzene rings is 1. The molecule has 6 heteroatoms. The van der Waals surface area contributed by atoms with E-state index in [4.69, 9.17) is 0 Å². The molecule has 122 valence electrons. The van der Waals surface area contributed by atoms with Crippen LogP contribution in [-0.4, -0.2) is 17.9 Å². The van der Waals surface area contributed by atoms with Crippen LogP contribution in [0.3, 0.4) is 0 Å². The minimum Gasteiger partial charge on any atom is -0.339 e. The molecule has 1 atom stereocenters. The Hall–Kier alpha value is -2.21. The van der Waals surface area contributed by atoms with Gasteiger partial charge in [0.05, 0.1) is 4.88 Å². The Morgan fingerprint density at radius 1 is 1.22 bits per heavy atom. The summed E-state index contributed by atoms with van der Waals surface area (Å²) in [7, 11) is 0. The molecule has 2 rings (SSSR count). The van der Waals surface area contributed by atoms with Gasteiger partial charge in [0.15, 0.2) is 0 Å². The molecular weight excluding hydrogens is 315 g/mol. The summed E-state index contributed by atoms with van der Waals surface area (Å²) < 4.78 is 13.1. The molecule has 1 aromatic carbocycles. The molecule has 1 aromatic heterocycles. The molecule has 2 amide bonds. The Kier molecular flexibility index (Phi) is 5.50. The maximum absolute atomic E-state index is 13.1. The number of carbonyl (C=O) groups excluding carboxylic acids is 2. The van der Waals surface area contributed by atoms with Crippen molar-refractivity contribution >= 4 is 28.8 Å². The second-order valence-electron chi connectivity index (χ2n) is 5.62. The lowest BCUT2D eigenvalue weighted by Gasteiger charge is -2.22. The monoisotopic (exact) mass is 334 g/mol. The summed E-state index contributed by atoms with van der Waals surface area (Å²) in [5.41, 5.74) is 1.16. The zero-order valence-corrected chi connectivity index (χ0v) is 14.0. The van der Waals surface area contributed by atoms with Gasteiger partial charge in [-0.3, -0.25) is 9.59 Å². The lowest BCUT2D eigenvalue weighted by molar-refractivity contribution is -0.118. The molecule has 2 N–H and O–H groups in total. The number of halogens is 1. The maximum Gasteiger partial charge on any atom is 0.262 e. The summed E-state index contributed by atoms with van der Waals surface area (Å²) in [5, 5.41) is 7.31. The first kappa shape index (κ1) is 17.1. The second-order valence-corrected chi connectivity index (χ2v) is 6.57. The zero-order valence-electron chi connectivity index (χ0n) is 13.2. The maximum atomic E-state index is 13.1. The third kappa shape index (κ3) is 4.39. The lowest BCUT2D eigenvalue weighted by Crippen LogP contribution is -2.47. The van der Waals surface area contributed by atoms with E-state index in [2.05, 4.69) is 10.6 Å². The standard InChI is InChI=1S/C17H19FN2O2S/c1-10(2)15(20-16(21)14-5-4-8-23-14)17(22)19-13-7-6-12(18)9-11(13)3/h4-10,15H,1-3H3,(H,19,22)(H,20,21)/t15-/m0/s1. The molecule has 1 heterocycles. The van der Waals surface area contributed by atoms with Crippen LogP contribution in [0.4, 0.5) is 10.1 Å². The predicted molar refractivity (Wildman–Crippen MR) is 90.2 cm³/mol. The van der Waals surface area contributed by atoms with Gasteiger partial charge in [-0.2, -0.15) is 0 Å². The summed E-state index contributed by atoms with van der Waals surface area (Å²) in [6.45, 7) is 5.43. The van der Waals surface area contributed by atoms with Crippen LogP contribution in [0.2, 0.25) is 0 Å². The van der Waals surface area contributed by atoms with Crippen molar-refractivity contribution in [2.45, 2.75) is 26.8 Å². The van der Waals surface area contributed by atoms with E-state index in [-0.39, 0.29) is 23.5 Å². The molecule has 0 unspecified atom stereocenters. The Bertz CT molecular complexity index is 699. The Labute approximate surface area is 138 Å².